The first-order chi connectivity index (χ1) is 19.2. The molecule has 1 spiro atoms. The number of ether oxygens (including phenoxy) is 1. The number of nitrogens with one attached hydrogen (secondary N) is 1. The summed E-state index contributed by atoms with van der Waals surface area (Å²) in [5, 5.41) is 2.77. The van der Waals surface area contributed by atoms with Crippen LogP contribution in [0.5, 0.6) is 0 Å². The van der Waals surface area contributed by atoms with Crippen molar-refractivity contribution < 1.29 is 9.53 Å². The Kier molecular flexibility index (Phi) is 24.3. The minimum Gasteiger partial charge on any atom is -0.498 e. The highest BCUT2D eigenvalue weighted by molar-refractivity contribution is 5.75. The number of aromatic nitrogens is 1. The molecule has 4 nitrogen and oxygen atoms in total. The van der Waals surface area contributed by atoms with E-state index in [-0.39, 0.29) is 5.91 Å². The summed E-state index contributed by atoms with van der Waals surface area (Å²) in [4.78, 5) is 15.1. The number of allylic oxidation sites excluding steroid dienone is 2. The molecule has 1 aromatic rings. The topological polar surface area (TPSA) is 51.2 Å². The predicted octanol–water partition coefficient (Wildman–Crippen LogP) is 10.4. The lowest BCUT2D eigenvalue weighted by Gasteiger charge is -2.32. The first kappa shape index (κ1) is 39.8. The molecule has 1 N–H and O–H groups in total. The lowest BCUT2D eigenvalue weighted by molar-refractivity contribution is -0.120. The summed E-state index contributed by atoms with van der Waals surface area (Å²) in [7, 11) is 0. The maximum atomic E-state index is 10.9. The van der Waals surface area contributed by atoms with Gasteiger partial charge in [0.25, 0.3) is 0 Å². The molecular formula is C36H64N2O2. The van der Waals surface area contributed by atoms with E-state index in [1.54, 1.807) is 44.4 Å². The highest BCUT2D eigenvalue weighted by Gasteiger charge is 2.56. The van der Waals surface area contributed by atoms with Gasteiger partial charge in [0.05, 0.1) is 18.5 Å². The van der Waals surface area contributed by atoms with Gasteiger partial charge in [-0.25, -0.2) is 0 Å². The van der Waals surface area contributed by atoms with Crippen LogP contribution in [0.25, 0.3) is 0 Å². The van der Waals surface area contributed by atoms with Crippen LogP contribution < -0.4 is 5.32 Å². The highest BCUT2D eigenvalue weighted by atomic mass is 16.5. The Bertz CT molecular complexity index is 797. The minimum absolute atomic E-state index is 0.0578. The molecule has 1 heterocycles. The van der Waals surface area contributed by atoms with E-state index in [9.17, 15) is 4.79 Å². The summed E-state index contributed by atoms with van der Waals surface area (Å²) in [6.07, 6.45) is 18.4. The molecule has 0 radical (unpaired) electrons. The number of amides is 1. The van der Waals surface area contributed by atoms with Crippen molar-refractivity contribution in [1.82, 2.24) is 10.3 Å². The average Bonchev–Trinajstić information content (AvgIpc) is 3.93. The summed E-state index contributed by atoms with van der Waals surface area (Å²) in [6.45, 7) is 28.3. The van der Waals surface area contributed by atoms with Crippen molar-refractivity contribution in [3.8, 4) is 0 Å². The van der Waals surface area contributed by atoms with Gasteiger partial charge in [-0.05, 0) is 94.6 Å². The third-order valence-electron chi connectivity index (χ3n) is 7.48. The summed E-state index contributed by atoms with van der Waals surface area (Å²) in [5.41, 5.74) is 4.32. The van der Waals surface area contributed by atoms with Crippen molar-refractivity contribution in [2.45, 2.75) is 127 Å². The van der Waals surface area contributed by atoms with Gasteiger partial charge in [0.1, 0.15) is 6.61 Å². The molecule has 0 aliphatic heterocycles. The van der Waals surface area contributed by atoms with Crippen molar-refractivity contribution >= 4 is 5.91 Å². The lowest BCUT2D eigenvalue weighted by atomic mass is 9.73. The van der Waals surface area contributed by atoms with Gasteiger partial charge in [0, 0.05) is 12.6 Å². The zero-order chi connectivity index (χ0) is 31.0. The summed E-state index contributed by atoms with van der Waals surface area (Å²) in [6, 6.07) is 3.91. The van der Waals surface area contributed by atoms with E-state index < -0.39 is 0 Å². The quantitative estimate of drug-likeness (QED) is 0.206. The van der Waals surface area contributed by atoms with Crippen LogP contribution in [-0.4, -0.2) is 17.5 Å². The average molecular weight is 557 g/mol. The minimum atomic E-state index is 0.0578. The molecule has 4 heteroatoms. The third-order valence-corrected chi connectivity index (χ3v) is 7.48. The number of hydrogen-bond acceptors (Lipinski definition) is 3. The maximum absolute atomic E-state index is 10.9. The molecule has 0 bridgehead atoms. The number of hydrogen-bond donors (Lipinski definition) is 1. The van der Waals surface area contributed by atoms with Crippen molar-refractivity contribution in [2.75, 3.05) is 6.61 Å². The van der Waals surface area contributed by atoms with Crippen LogP contribution in [0, 0.1) is 30.1 Å². The van der Waals surface area contributed by atoms with Crippen molar-refractivity contribution in [1.29, 1.82) is 0 Å². The molecule has 1 amide bonds. The molecule has 3 aliphatic rings. The van der Waals surface area contributed by atoms with Gasteiger partial charge in [-0.1, -0.05) is 91.3 Å². The number of carbonyl (C=O) groups is 1. The van der Waals surface area contributed by atoms with Crippen molar-refractivity contribution in [2.24, 2.45) is 23.2 Å². The summed E-state index contributed by atoms with van der Waals surface area (Å²) in [5.74, 6) is 3.47. The van der Waals surface area contributed by atoms with Crippen LogP contribution >= 0.6 is 0 Å². The van der Waals surface area contributed by atoms with Gasteiger partial charge in [-0.3, -0.25) is 9.78 Å². The number of carbonyl (C=O) groups excluding carboxylic acids is 1. The fourth-order valence-electron chi connectivity index (χ4n) is 4.75. The molecule has 3 fully saturated rings. The number of nitrogens with zero attached hydrogens (tertiary/aromatic N) is 1. The van der Waals surface area contributed by atoms with Gasteiger partial charge in [0.15, 0.2) is 0 Å². The number of pyridine rings is 1. The van der Waals surface area contributed by atoms with Crippen LogP contribution in [-0.2, 0) is 16.1 Å². The lowest BCUT2D eigenvalue weighted by Crippen LogP contribution is -2.23. The van der Waals surface area contributed by atoms with Crippen LogP contribution in [0.15, 0.2) is 55.5 Å². The first-order valence-corrected chi connectivity index (χ1v) is 15.8. The first-order valence-electron chi connectivity index (χ1n) is 15.8. The second-order valence-electron chi connectivity index (χ2n) is 10.7. The third kappa shape index (κ3) is 18.1. The molecule has 4 rings (SSSR count). The summed E-state index contributed by atoms with van der Waals surface area (Å²) < 4.78 is 4.63. The van der Waals surface area contributed by atoms with Crippen LogP contribution in [0.4, 0.5) is 0 Å². The van der Waals surface area contributed by atoms with E-state index in [1.807, 2.05) is 60.6 Å². The van der Waals surface area contributed by atoms with Crippen molar-refractivity contribution in [3.63, 3.8) is 0 Å². The fourth-order valence-corrected chi connectivity index (χ4v) is 4.75. The molecular weight excluding hydrogens is 492 g/mol. The Morgan fingerprint density at radius 1 is 1.12 bits per heavy atom. The van der Waals surface area contributed by atoms with Gasteiger partial charge in [-0.15, -0.1) is 0 Å². The highest BCUT2D eigenvalue weighted by Crippen LogP contribution is 2.66. The second kappa shape index (κ2) is 24.4. The molecule has 40 heavy (non-hydrogen) atoms. The maximum Gasteiger partial charge on any atom is 0.220 e. The molecule has 3 atom stereocenters. The monoisotopic (exact) mass is 556 g/mol. The molecule has 0 aromatic carbocycles. The molecule has 3 saturated carbocycles. The molecule has 1 aromatic heterocycles. The smallest absolute Gasteiger partial charge is 0.220 e. The Morgan fingerprint density at radius 3 is 2.10 bits per heavy atom. The zero-order valence-electron chi connectivity index (χ0n) is 27.9. The molecule has 3 aliphatic carbocycles. The second-order valence-corrected chi connectivity index (χ2v) is 10.7. The predicted molar refractivity (Wildman–Crippen MR) is 176 cm³/mol. The molecule has 3 unspecified atom stereocenters. The van der Waals surface area contributed by atoms with E-state index in [1.165, 1.54) is 30.6 Å². The van der Waals surface area contributed by atoms with E-state index in [4.69, 9.17) is 0 Å². The molecule has 0 saturated heterocycles. The normalized spacial score (nSPS) is 20.1. The zero-order valence-corrected chi connectivity index (χ0v) is 27.9. The number of aryl methyl sites for hydroxylation is 1. The van der Waals surface area contributed by atoms with Gasteiger partial charge < -0.3 is 10.1 Å². The van der Waals surface area contributed by atoms with E-state index in [2.05, 4.69) is 55.0 Å². The largest absolute Gasteiger partial charge is 0.498 e. The van der Waals surface area contributed by atoms with Crippen LogP contribution in [0.2, 0.25) is 0 Å². The van der Waals surface area contributed by atoms with E-state index >= 15 is 0 Å². The Hall–Kier alpha value is -2.36. The summed E-state index contributed by atoms with van der Waals surface area (Å²) >= 11 is 0. The fraction of sp³-hybridized carbons (Fsp3) is 0.667. The Labute approximate surface area is 249 Å². The van der Waals surface area contributed by atoms with Crippen LogP contribution in [0.1, 0.15) is 125 Å². The SMILES string of the molecule is C=CCOC=C.CC.CC.CC1CC1C1CCCCC12CC2.CC=C(C)C.CCC(=O)NCc1ccc(C)cn1. The van der Waals surface area contributed by atoms with Gasteiger partial charge >= 0.3 is 0 Å². The van der Waals surface area contributed by atoms with Gasteiger partial charge in [0.2, 0.25) is 5.91 Å². The van der Waals surface area contributed by atoms with E-state index in [0.29, 0.717) is 19.6 Å². The van der Waals surface area contributed by atoms with E-state index in [0.717, 1.165) is 28.5 Å². The Morgan fingerprint density at radius 2 is 1.73 bits per heavy atom. The van der Waals surface area contributed by atoms with Crippen molar-refractivity contribution in [3.05, 3.63) is 66.7 Å². The number of rotatable bonds is 7. The van der Waals surface area contributed by atoms with Crippen LogP contribution in [0.3, 0.4) is 0 Å². The van der Waals surface area contributed by atoms with Gasteiger partial charge in [-0.2, -0.15) is 0 Å². The standard InChI is InChI=1S/C12H20.C10H14N2O.C5H8O.C5H10.2C2H6/c1-9-8-10(9)11-4-2-3-5-12(11)6-7-12;1-3-10(13)12-7-9-5-4-8(2)6-11-9;1-3-5-6-4-2;1-4-5(2)3;2*1-2/h9-11H,2-8H2,1H3;4-6H,3,7H2,1-2H3,(H,12,13);3-4H,1-2,5H2;4H,1-3H3;2*1-2H3. The molecule has 230 valence electrons. The Balaban J connectivity index is 0.